The smallest absolute Gasteiger partial charge is 0.129 e. The Labute approximate surface area is 114 Å². The highest BCUT2D eigenvalue weighted by atomic mass is 19.1. The maximum absolute atomic E-state index is 13.8. The molecule has 0 radical (unpaired) electrons. The molecule has 0 saturated heterocycles. The molecule has 0 bridgehead atoms. The number of nitrogens with one attached hydrogen (secondary N) is 1. The molecule has 1 N–H and O–H groups in total. The third kappa shape index (κ3) is 3.78. The highest BCUT2D eigenvalue weighted by Gasteiger charge is 2.23. The van der Waals surface area contributed by atoms with Gasteiger partial charge in [0.2, 0.25) is 0 Å². The Morgan fingerprint density at radius 3 is 2.53 bits per heavy atom. The zero-order valence-electron chi connectivity index (χ0n) is 11.6. The zero-order valence-corrected chi connectivity index (χ0v) is 11.6. The summed E-state index contributed by atoms with van der Waals surface area (Å²) in [5.74, 6) is 1.20. The predicted molar refractivity (Wildman–Crippen MR) is 73.9 cm³/mol. The summed E-state index contributed by atoms with van der Waals surface area (Å²) in [5.41, 5.74) is 1.02. The lowest BCUT2D eigenvalue weighted by molar-refractivity contribution is 0.237. The molecule has 1 aliphatic rings. The number of halogens is 1. The molecular weight excluding hydrogens is 239 g/mol. The second-order valence-corrected chi connectivity index (χ2v) is 5.91. The van der Waals surface area contributed by atoms with E-state index in [0.29, 0.717) is 23.7 Å². The Morgan fingerprint density at radius 2 is 1.95 bits per heavy atom. The summed E-state index contributed by atoms with van der Waals surface area (Å²) >= 11 is 0. The van der Waals surface area contributed by atoms with Gasteiger partial charge in [-0.05, 0) is 43.2 Å². The molecule has 0 heterocycles. The fourth-order valence-corrected chi connectivity index (χ4v) is 3.13. The molecule has 2 nitrogen and oxygen atoms in total. The van der Waals surface area contributed by atoms with E-state index in [9.17, 15) is 4.39 Å². The summed E-state index contributed by atoms with van der Waals surface area (Å²) < 4.78 is 13.8. The largest absolute Gasteiger partial charge is 0.310 e. The van der Waals surface area contributed by atoms with Crippen molar-refractivity contribution in [2.24, 2.45) is 11.8 Å². The van der Waals surface area contributed by atoms with Crippen molar-refractivity contribution in [2.45, 2.75) is 45.7 Å². The zero-order chi connectivity index (χ0) is 13.8. The predicted octanol–water partition coefficient (Wildman–Crippen LogP) is 3.61. The van der Waals surface area contributed by atoms with Gasteiger partial charge in [-0.25, -0.2) is 4.39 Å². The topological polar surface area (TPSA) is 35.8 Å². The van der Waals surface area contributed by atoms with Gasteiger partial charge in [-0.15, -0.1) is 0 Å². The summed E-state index contributed by atoms with van der Waals surface area (Å²) in [4.78, 5) is 0. The summed E-state index contributed by atoms with van der Waals surface area (Å²) in [6.45, 7) is 5.11. The van der Waals surface area contributed by atoms with E-state index >= 15 is 0 Å². The molecule has 1 aromatic rings. The van der Waals surface area contributed by atoms with Crippen LogP contribution in [-0.4, -0.2) is 6.04 Å². The maximum atomic E-state index is 13.8. The molecule has 19 heavy (non-hydrogen) atoms. The van der Waals surface area contributed by atoms with Gasteiger partial charge < -0.3 is 5.32 Å². The quantitative estimate of drug-likeness (QED) is 0.901. The van der Waals surface area contributed by atoms with Crippen LogP contribution in [0.25, 0.3) is 0 Å². The second-order valence-electron chi connectivity index (χ2n) is 5.91. The molecule has 1 aromatic carbocycles. The van der Waals surface area contributed by atoms with E-state index in [-0.39, 0.29) is 5.82 Å². The third-order valence-electron chi connectivity index (χ3n) is 3.94. The van der Waals surface area contributed by atoms with Crippen LogP contribution < -0.4 is 5.32 Å². The minimum Gasteiger partial charge on any atom is -0.310 e. The van der Waals surface area contributed by atoms with Gasteiger partial charge in [0.1, 0.15) is 5.82 Å². The number of rotatable bonds is 3. The standard InChI is InChI=1S/C16H21FN2/c1-11-5-12(2)7-15(6-11)19-10-14-4-3-13(9-18)8-16(14)17/h3-4,8,11-12,15,19H,5-7,10H2,1-2H3. The Bertz CT molecular complexity index is 468. The molecule has 102 valence electrons. The first-order chi connectivity index (χ1) is 9.08. The number of benzene rings is 1. The van der Waals surface area contributed by atoms with Crippen molar-refractivity contribution < 1.29 is 4.39 Å². The van der Waals surface area contributed by atoms with Crippen LogP contribution in [0.2, 0.25) is 0 Å². The summed E-state index contributed by atoms with van der Waals surface area (Å²) in [6.07, 6.45) is 3.63. The molecule has 0 amide bonds. The monoisotopic (exact) mass is 260 g/mol. The molecule has 1 saturated carbocycles. The normalized spacial score (nSPS) is 26.9. The van der Waals surface area contributed by atoms with Crippen molar-refractivity contribution in [3.8, 4) is 6.07 Å². The minimum absolute atomic E-state index is 0.288. The molecule has 0 aromatic heterocycles. The summed E-state index contributed by atoms with van der Waals surface area (Å²) in [7, 11) is 0. The van der Waals surface area contributed by atoms with Crippen molar-refractivity contribution in [1.82, 2.24) is 5.32 Å². The van der Waals surface area contributed by atoms with E-state index in [1.165, 1.54) is 25.3 Å². The van der Waals surface area contributed by atoms with E-state index in [1.54, 1.807) is 12.1 Å². The highest BCUT2D eigenvalue weighted by Crippen LogP contribution is 2.28. The number of nitriles is 1. The molecule has 3 heteroatoms. The van der Waals surface area contributed by atoms with Crippen molar-refractivity contribution in [3.63, 3.8) is 0 Å². The number of hydrogen-bond acceptors (Lipinski definition) is 2. The Hall–Kier alpha value is -1.40. The molecule has 0 spiro atoms. The Morgan fingerprint density at radius 1 is 1.26 bits per heavy atom. The first-order valence-corrected chi connectivity index (χ1v) is 7.00. The average molecular weight is 260 g/mol. The van der Waals surface area contributed by atoms with Crippen LogP contribution >= 0.6 is 0 Å². The number of nitrogens with zero attached hydrogens (tertiary/aromatic N) is 1. The van der Waals surface area contributed by atoms with Crippen LogP contribution in [-0.2, 0) is 6.54 Å². The molecule has 2 atom stereocenters. The van der Waals surface area contributed by atoms with Gasteiger partial charge in [0.25, 0.3) is 0 Å². The Balaban J connectivity index is 1.93. The van der Waals surface area contributed by atoms with Crippen LogP contribution in [0, 0.1) is 29.0 Å². The molecule has 2 rings (SSSR count). The molecular formula is C16H21FN2. The maximum Gasteiger partial charge on any atom is 0.129 e. The first kappa shape index (κ1) is 14.0. The summed E-state index contributed by atoms with van der Waals surface area (Å²) in [6, 6.07) is 7.12. The fourth-order valence-electron chi connectivity index (χ4n) is 3.13. The van der Waals surface area contributed by atoms with Crippen LogP contribution in [0.1, 0.15) is 44.2 Å². The Kier molecular flexibility index (Phi) is 4.55. The van der Waals surface area contributed by atoms with Gasteiger partial charge in [-0.1, -0.05) is 19.9 Å². The van der Waals surface area contributed by atoms with Gasteiger partial charge in [0.05, 0.1) is 11.6 Å². The molecule has 0 aliphatic heterocycles. The first-order valence-electron chi connectivity index (χ1n) is 7.00. The van der Waals surface area contributed by atoms with E-state index in [1.807, 2.05) is 6.07 Å². The van der Waals surface area contributed by atoms with Crippen molar-refractivity contribution in [2.75, 3.05) is 0 Å². The van der Waals surface area contributed by atoms with Crippen molar-refractivity contribution in [3.05, 3.63) is 35.1 Å². The lowest BCUT2D eigenvalue weighted by Crippen LogP contribution is -2.36. The van der Waals surface area contributed by atoms with Crippen molar-refractivity contribution >= 4 is 0 Å². The van der Waals surface area contributed by atoms with Gasteiger partial charge >= 0.3 is 0 Å². The average Bonchev–Trinajstić information content (AvgIpc) is 2.36. The molecule has 1 fully saturated rings. The number of hydrogen-bond donors (Lipinski definition) is 1. The van der Waals surface area contributed by atoms with Crippen LogP contribution in [0.3, 0.4) is 0 Å². The molecule has 1 aliphatic carbocycles. The molecule has 2 unspecified atom stereocenters. The SMILES string of the molecule is CC1CC(C)CC(NCc2ccc(C#N)cc2F)C1. The van der Waals surface area contributed by atoms with Crippen molar-refractivity contribution in [1.29, 1.82) is 5.26 Å². The van der Waals surface area contributed by atoms with E-state index in [4.69, 9.17) is 5.26 Å². The highest BCUT2D eigenvalue weighted by molar-refractivity contribution is 5.32. The summed E-state index contributed by atoms with van der Waals surface area (Å²) in [5, 5.41) is 12.2. The third-order valence-corrected chi connectivity index (χ3v) is 3.94. The van der Waals surface area contributed by atoms with Crippen LogP contribution in [0.15, 0.2) is 18.2 Å². The minimum atomic E-state index is -0.288. The van der Waals surface area contributed by atoms with Crippen LogP contribution in [0.5, 0.6) is 0 Å². The second kappa shape index (κ2) is 6.16. The van der Waals surface area contributed by atoms with E-state index < -0.39 is 0 Å². The van der Waals surface area contributed by atoms with Crippen LogP contribution in [0.4, 0.5) is 4.39 Å². The van der Waals surface area contributed by atoms with Gasteiger partial charge in [-0.2, -0.15) is 5.26 Å². The van der Waals surface area contributed by atoms with Gasteiger partial charge in [0.15, 0.2) is 0 Å². The fraction of sp³-hybridized carbons (Fsp3) is 0.562. The van der Waals surface area contributed by atoms with E-state index in [0.717, 1.165) is 11.8 Å². The lowest BCUT2D eigenvalue weighted by Gasteiger charge is -2.32. The lowest BCUT2D eigenvalue weighted by atomic mass is 9.80. The van der Waals surface area contributed by atoms with E-state index in [2.05, 4.69) is 19.2 Å². The van der Waals surface area contributed by atoms with Gasteiger partial charge in [-0.3, -0.25) is 0 Å². The van der Waals surface area contributed by atoms with Gasteiger partial charge in [0, 0.05) is 18.2 Å².